The van der Waals surface area contributed by atoms with E-state index in [1.807, 2.05) is 18.3 Å². The molecule has 1 heteroatoms. The van der Waals surface area contributed by atoms with Crippen molar-refractivity contribution in [3.8, 4) is 11.3 Å². The van der Waals surface area contributed by atoms with E-state index >= 15 is 0 Å². The third-order valence-corrected chi connectivity index (χ3v) is 3.48. The molecule has 0 bridgehead atoms. The molecule has 0 saturated carbocycles. The first-order valence-corrected chi connectivity index (χ1v) is 7.09. The fourth-order valence-corrected chi connectivity index (χ4v) is 2.38. The van der Waals surface area contributed by atoms with Crippen LogP contribution in [0.3, 0.4) is 0 Å². The maximum Gasteiger partial charge on any atom is 0.0737 e. The first-order chi connectivity index (χ1) is 10.3. The molecule has 2 aromatic carbocycles. The van der Waals surface area contributed by atoms with Gasteiger partial charge in [-0.25, -0.2) is 0 Å². The van der Waals surface area contributed by atoms with Crippen molar-refractivity contribution in [1.29, 1.82) is 0 Å². The van der Waals surface area contributed by atoms with Gasteiger partial charge in [0, 0.05) is 11.8 Å². The highest BCUT2D eigenvalue weighted by Gasteiger charge is 2.05. The monoisotopic (exact) mass is 271 g/mol. The zero-order chi connectivity index (χ0) is 14.5. The Balaban J connectivity index is 2.01. The molecule has 0 spiro atoms. The van der Waals surface area contributed by atoms with E-state index in [0.717, 1.165) is 5.69 Å². The number of aromatic nitrogens is 1. The molecule has 0 aliphatic carbocycles. The van der Waals surface area contributed by atoms with E-state index in [-0.39, 0.29) is 0 Å². The predicted octanol–water partition coefficient (Wildman–Crippen LogP) is 5.23. The minimum Gasteiger partial charge on any atom is -0.256 e. The molecule has 0 saturated heterocycles. The highest BCUT2D eigenvalue weighted by molar-refractivity contribution is 5.80. The zero-order valence-corrected chi connectivity index (χ0v) is 12.0. The summed E-state index contributed by atoms with van der Waals surface area (Å²) in [6.07, 6.45) is 6.13. The Hall–Kier alpha value is -2.67. The lowest BCUT2D eigenvalue weighted by molar-refractivity contribution is 1.27. The fraction of sp³-hybridized carbons (Fsp3) is 0.0500. The standard InChI is InChI=1S/C20H17N/c1-16-8-7-15-21-20(16)19-12-6-5-11-18(19)14-13-17-9-3-2-4-10-17/h2-15H,1H3. The van der Waals surface area contributed by atoms with E-state index in [2.05, 4.69) is 78.7 Å². The molecule has 1 nitrogen and oxygen atoms in total. The second-order valence-electron chi connectivity index (χ2n) is 5.00. The molecule has 0 N–H and O–H groups in total. The van der Waals surface area contributed by atoms with E-state index in [1.165, 1.54) is 22.3 Å². The van der Waals surface area contributed by atoms with Gasteiger partial charge < -0.3 is 0 Å². The summed E-state index contributed by atoms with van der Waals surface area (Å²) in [5.74, 6) is 0. The van der Waals surface area contributed by atoms with Gasteiger partial charge in [-0.05, 0) is 29.7 Å². The van der Waals surface area contributed by atoms with Crippen LogP contribution in [-0.2, 0) is 0 Å². The molecular weight excluding hydrogens is 254 g/mol. The molecule has 21 heavy (non-hydrogen) atoms. The molecule has 1 heterocycles. The largest absolute Gasteiger partial charge is 0.256 e. The van der Waals surface area contributed by atoms with E-state index in [9.17, 15) is 0 Å². The summed E-state index contributed by atoms with van der Waals surface area (Å²) in [5.41, 5.74) is 5.79. The summed E-state index contributed by atoms with van der Waals surface area (Å²) in [4.78, 5) is 4.53. The van der Waals surface area contributed by atoms with Crippen molar-refractivity contribution in [2.75, 3.05) is 0 Å². The van der Waals surface area contributed by atoms with Gasteiger partial charge in [-0.15, -0.1) is 0 Å². The molecule has 0 aliphatic rings. The summed E-state index contributed by atoms with van der Waals surface area (Å²) < 4.78 is 0. The van der Waals surface area contributed by atoms with Crippen molar-refractivity contribution in [3.63, 3.8) is 0 Å². The highest BCUT2D eigenvalue weighted by atomic mass is 14.7. The Labute approximate surface area is 125 Å². The number of pyridine rings is 1. The van der Waals surface area contributed by atoms with Gasteiger partial charge in [0.2, 0.25) is 0 Å². The summed E-state index contributed by atoms with van der Waals surface area (Å²) in [7, 11) is 0. The molecular formula is C20H17N. The van der Waals surface area contributed by atoms with Crippen LogP contribution >= 0.6 is 0 Å². The minimum atomic E-state index is 1.05. The van der Waals surface area contributed by atoms with Gasteiger partial charge in [0.25, 0.3) is 0 Å². The van der Waals surface area contributed by atoms with Crippen molar-refractivity contribution in [2.24, 2.45) is 0 Å². The molecule has 0 amide bonds. The molecule has 0 atom stereocenters. The second-order valence-corrected chi connectivity index (χ2v) is 5.00. The van der Waals surface area contributed by atoms with Gasteiger partial charge in [-0.1, -0.05) is 72.8 Å². The molecule has 0 unspecified atom stereocenters. The average molecular weight is 271 g/mol. The average Bonchev–Trinajstić information content (AvgIpc) is 2.55. The number of hydrogen-bond acceptors (Lipinski definition) is 1. The number of rotatable bonds is 3. The maximum absolute atomic E-state index is 4.53. The highest BCUT2D eigenvalue weighted by Crippen LogP contribution is 2.26. The van der Waals surface area contributed by atoms with Gasteiger partial charge in [0.05, 0.1) is 5.69 Å². The van der Waals surface area contributed by atoms with Crippen LogP contribution in [0.5, 0.6) is 0 Å². The van der Waals surface area contributed by atoms with Crippen LogP contribution in [0, 0.1) is 6.92 Å². The van der Waals surface area contributed by atoms with Gasteiger partial charge in [-0.2, -0.15) is 0 Å². The van der Waals surface area contributed by atoms with Crippen LogP contribution in [0.25, 0.3) is 23.4 Å². The first kappa shape index (κ1) is 13.3. The maximum atomic E-state index is 4.53. The number of hydrogen-bond donors (Lipinski definition) is 0. The first-order valence-electron chi connectivity index (χ1n) is 7.09. The van der Waals surface area contributed by atoms with E-state index in [4.69, 9.17) is 0 Å². The number of nitrogens with zero attached hydrogens (tertiary/aromatic N) is 1. The zero-order valence-electron chi connectivity index (χ0n) is 12.0. The van der Waals surface area contributed by atoms with Gasteiger partial charge >= 0.3 is 0 Å². The Bertz CT molecular complexity index is 758. The van der Waals surface area contributed by atoms with E-state index < -0.39 is 0 Å². The van der Waals surface area contributed by atoms with Gasteiger partial charge in [-0.3, -0.25) is 4.98 Å². The SMILES string of the molecule is Cc1cccnc1-c1ccccc1C=Cc1ccccc1. The van der Waals surface area contributed by atoms with Crippen LogP contribution in [-0.4, -0.2) is 4.98 Å². The minimum absolute atomic E-state index is 1.05. The van der Waals surface area contributed by atoms with Gasteiger partial charge in [0.15, 0.2) is 0 Å². The predicted molar refractivity (Wildman–Crippen MR) is 89.8 cm³/mol. The van der Waals surface area contributed by atoms with Crippen molar-refractivity contribution in [3.05, 3.63) is 89.6 Å². The summed E-state index contributed by atoms with van der Waals surface area (Å²) >= 11 is 0. The van der Waals surface area contributed by atoms with Crippen molar-refractivity contribution >= 4 is 12.2 Å². The fourth-order valence-electron chi connectivity index (χ4n) is 2.38. The van der Waals surface area contributed by atoms with Crippen LogP contribution in [0.15, 0.2) is 72.9 Å². The molecule has 3 rings (SSSR count). The van der Waals surface area contributed by atoms with Crippen molar-refractivity contribution in [1.82, 2.24) is 4.98 Å². The summed E-state index contributed by atoms with van der Waals surface area (Å²) in [6, 6.07) is 22.8. The van der Waals surface area contributed by atoms with Crippen LogP contribution in [0.4, 0.5) is 0 Å². The second kappa shape index (κ2) is 6.19. The molecule has 0 radical (unpaired) electrons. The Morgan fingerprint density at radius 2 is 1.52 bits per heavy atom. The Morgan fingerprint density at radius 1 is 0.762 bits per heavy atom. The van der Waals surface area contributed by atoms with E-state index in [1.54, 1.807) is 0 Å². The third-order valence-electron chi connectivity index (χ3n) is 3.48. The number of aryl methyl sites for hydroxylation is 1. The molecule has 3 aromatic rings. The molecule has 1 aromatic heterocycles. The van der Waals surface area contributed by atoms with Crippen molar-refractivity contribution in [2.45, 2.75) is 6.92 Å². The smallest absolute Gasteiger partial charge is 0.0737 e. The van der Waals surface area contributed by atoms with E-state index in [0.29, 0.717) is 0 Å². The van der Waals surface area contributed by atoms with Crippen LogP contribution < -0.4 is 0 Å². The number of benzene rings is 2. The molecule has 102 valence electrons. The molecule has 0 aliphatic heterocycles. The Kier molecular flexibility index (Phi) is 3.92. The third kappa shape index (κ3) is 3.09. The lowest BCUT2D eigenvalue weighted by Crippen LogP contribution is -1.89. The quantitative estimate of drug-likeness (QED) is 0.594. The lowest BCUT2D eigenvalue weighted by atomic mass is 10.00. The van der Waals surface area contributed by atoms with Crippen molar-refractivity contribution < 1.29 is 0 Å². The molecule has 0 fully saturated rings. The summed E-state index contributed by atoms with van der Waals surface area (Å²) in [6.45, 7) is 2.10. The van der Waals surface area contributed by atoms with Gasteiger partial charge in [0.1, 0.15) is 0 Å². The topological polar surface area (TPSA) is 12.9 Å². The van der Waals surface area contributed by atoms with Crippen LogP contribution in [0.1, 0.15) is 16.7 Å². The summed E-state index contributed by atoms with van der Waals surface area (Å²) in [5, 5.41) is 0. The van der Waals surface area contributed by atoms with Crippen LogP contribution in [0.2, 0.25) is 0 Å². The Morgan fingerprint density at radius 3 is 2.33 bits per heavy atom. The normalized spacial score (nSPS) is 10.9. The lowest BCUT2D eigenvalue weighted by Gasteiger charge is -2.08.